The topological polar surface area (TPSA) is 117 Å². The molecule has 2 heterocycles. The number of likely N-dealkylation sites (tertiary alicyclic amines) is 1. The van der Waals surface area contributed by atoms with E-state index in [4.69, 9.17) is 0 Å². The Morgan fingerprint density at radius 3 is 2.29 bits per heavy atom. The molecule has 1 aromatic heterocycles. The van der Waals surface area contributed by atoms with Gasteiger partial charge in [0, 0.05) is 55.8 Å². The largest absolute Gasteiger partial charge is 0.507 e. The molecule has 0 bridgehead atoms. The minimum absolute atomic E-state index is 0.0534. The van der Waals surface area contributed by atoms with E-state index in [1.165, 1.54) is 24.4 Å². The highest BCUT2D eigenvalue weighted by Crippen LogP contribution is 2.25. The number of piperidine rings is 1. The van der Waals surface area contributed by atoms with Gasteiger partial charge in [0.05, 0.1) is 17.3 Å². The van der Waals surface area contributed by atoms with Gasteiger partial charge in [0.1, 0.15) is 17.4 Å². The third-order valence-electron chi connectivity index (χ3n) is 5.70. The zero-order chi connectivity index (χ0) is 25.1. The van der Waals surface area contributed by atoms with Crippen molar-refractivity contribution in [3.8, 4) is 5.75 Å². The minimum atomic E-state index is -0.889. The molecule has 3 N–H and O–H groups in total. The van der Waals surface area contributed by atoms with E-state index in [1.807, 2.05) is 0 Å². The van der Waals surface area contributed by atoms with Gasteiger partial charge in [-0.3, -0.25) is 19.1 Å². The summed E-state index contributed by atoms with van der Waals surface area (Å²) in [4.78, 5) is 39.0. The minimum Gasteiger partial charge on any atom is -0.507 e. The van der Waals surface area contributed by atoms with Crippen molar-refractivity contribution in [2.45, 2.75) is 18.9 Å². The number of nitrogens with one attached hydrogen (secondary N) is 2. The lowest BCUT2D eigenvalue weighted by Gasteiger charge is -2.32. The van der Waals surface area contributed by atoms with Crippen molar-refractivity contribution in [3.63, 3.8) is 0 Å². The molecule has 1 fully saturated rings. The molecule has 2 aromatic carbocycles. The van der Waals surface area contributed by atoms with Gasteiger partial charge in [-0.2, -0.15) is 5.10 Å². The number of anilines is 1. The molecule has 4 rings (SSSR count). The zero-order valence-corrected chi connectivity index (χ0v) is 18.8. The van der Waals surface area contributed by atoms with Crippen LogP contribution < -0.4 is 10.6 Å². The third kappa shape index (κ3) is 5.62. The van der Waals surface area contributed by atoms with E-state index >= 15 is 0 Å². The molecule has 3 amide bonds. The maximum absolute atomic E-state index is 13.3. The van der Waals surface area contributed by atoms with Gasteiger partial charge in [-0.15, -0.1) is 0 Å². The number of hydrogen-bond acceptors (Lipinski definition) is 5. The standard InChI is InChI=1S/C24H23F2N5O4/c1-30-13-15(12-27-30)23(34)28-18-4-6-31(7-5-18)24(35)20-3-2-19(11-21(20)32)29-22(33)14-8-16(25)10-17(26)9-14/h2-3,8-13,18,32H,4-7H2,1H3,(H,28,34)(H,29,33). The molecule has 3 aromatic rings. The molecular weight excluding hydrogens is 460 g/mol. The molecule has 9 nitrogen and oxygen atoms in total. The van der Waals surface area contributed by atoms with Gasteiger partial charge in [0.2, 0.25) is 0 Å². The Morgan fingerprint density at radius 2 is 1.69 bits per heavy atom. The summed E-state index contributed by atoms with van der Waals surface area (Å²) in [6.07, 6.45) is 4.21. The highest BCUT2D eigenvalue weighted by molar-refractivity contribution is 6.05. The highest BCUT2D eigenvalue weighted by atomic mass is 19.1. The number of rotatable bonds is 5. The first kappa shape index (κ1) is 23.9. The number of phenols is 1. The molecule has 1 aliphatic heterocycles. The predicted molar refractivity (Wildman–Crippen MR) is 122 cm³/mol. The smallest absolute Gasteiger partial charge is 0.257 e. The monoisotopic (exact) mass is 483 g/mol. The van der Waals surface area contributed by atoms with E-state index in [1.54, 1.807) is 22.8 Å². The van der Waals surface area contributed by atoms with Crippen LogP contribution in [0.5, 0.6) is 5.75 Å². The summed E-state index contributed by atoms with van der Waals surface area (Å²) in [5.41, 5.74) is 0.453. The summed E-state index contributed by atoms with van der Waals surface area (Å²) in [6.45, 7) is 0.778. The van der Waals surface area contributed by atoms with E-state index in [0.717, 1.165) is 12.1 Å². The van der Waals surface area contributed by atoms with E-state index < -0.39 is 17.5 Å². The Balaban J connectivity index is 1.34. The summed E-state index contributed by atoms with van der Waals surface area (Å²) >= 11 is 0. The number of benzene rings is 2. The van der Waals surface area contributed by atoms with Gasteiger partial charge in [0.25, 0.3) is 17.7 Å². The van der Waals surface area contributed by atoms with Gasteiger partial charge in [0.15, 0.2) is 0 Å². The molecule has 1 saturated heterocycles. The maximum atomic E-state index is 13.3. The second-order valence-electron chi connectivity index (χ2n) is 8.29. The van der Waals surface area contributed by atoms with Crippen LogP contribution in [0.2, 0.25) is 0 Å². The number of nitrogens with zero attached hydrogens (tertiary/aromatic N) is 3. The Kier molecular flexibility index (Phi) is 6.76. The maximum Gasteiger partial charge on any atom is 0.257 e. The second-order valence-corrected chi connectivity index (χ2v) is 8.29. The summed E-state index contributed by atoms with van der Waals surface area (Å²) < 4.78 is 28.2. The SMILES string of the molecule is Cn1cc(C(=O)NC2CCN(C(=O)c3ccc(NC(=O)c4cc(F)cc(F)c4)cc3O)CC2)cn1. The van der Waals surface area contributed by atoms with Gasteiger partial charge in [-0.1, -0.05) is 0 Å². The lowest BCUT2D eigenvalue weighted by atomic mass is 10.0. The van der Waals surface area contributed by atoms with Crippen LogP contribution in [0.1, 0.15) is 43.9 Å². The van der Waals surface area contributed by atoms with Gasteiger partial charge < -0.3 is 20.6 Å². The average Bonchev–Trinajstić information content (AvgIpc) is 3.25. The van der Waals surface area contributed by atoms with Crippen molar-refractivity contribution in [2.75, 3.05) is 18.4 Å². The molecule has 1 aliphatic rings. The van der Waals surface area contributed by atoms with Gasteiger partial charge in [-0.05, 0) is 37.1 Å². The number of halogens is 2. The van der Waals surface area contributed by atoms with E-state index in [0.29, 0.717) is 37.6 Å². The first-order chi connectivity index (χ1) is 16.7. The van der Waals surface area contributed by atoms with E-state index in [2.05, 4.69) is 15.7 Å². The van der Waals surface area contributed by atoms with Crippen molar-refractivity contribution in [1.29, 1.82) is 0 Å². The first-order valence-corrected chi connectivity index (χ1v) is 10.9. The van der Waals surface area contributed by atoms with Crippen molar-refractivity contribution >= 4 is 23.4 Å². The van der Waals surface area contributed by atoms with Crippen molar-refractivity contribution in [2.24, 2.45) is 7.05 Å². The number of carbonyl (C=O) groups is 3. The summed E-state index contributed by atoms with van der Waals surface area (Å²) in [5.74, 6) is -3.50. The van der Waals surface area contributed by atoms with Gasteiger partial charge >= 0.3 is 0 Å². The van der Waals surface area contributed by atoms with Crippen LogP contribution in [-0.2, 0) is 7.05 Å². The fourth-order valence-corrected chi connectivity index (χ4v) is 3.88. The quantitative estimate of drug-likeness (QED) is 0.516. The average molecular weight is 483 g/mol. The van der Waals surface area contributed by atoms with Crippen LogP contribution in [-0.4, -0.2) is 56.6 Å². The molecule has 0 saturated carbocycles. The van der Waals surface area contributed by atoms with Crippen molar-refractivity contribution < 1.29 is 28.3 Å². The molecule has 0 spiro atoms. The van der Waals surface area contributed by atoms with Crippen LogP contribution in [0.3, 0.4) is 0 Å². The number of hydrogen-bond donors (Lipinski definition) is 3. The zero-order valence-electron chi connectivity index (χ0n) is 18.8. The van der Waals surface area contributed by atoms with Crippen molar-refractivity contribution in [1.82, 2.24) is 20.0 Å². The van der Waals surface area contributed by atoms with Crippen LogP contribution in [0.4, 0.5) is 14.5 Å². The highest BCUT2D eigenvalue weighted by Gasteiger charge is 2.26. The normalized spacial score (nSPS) is 14.0. The van der Waals surface area contributed by atoms with Gasteiger partial charge in [-0.25, -0.2) is 8.78 Å². The fourth-order valence-electron chi connectivity index (χ4n) is 3.88. The predicted octanol–water partition coefficient (Wildman–Crippen LogP) is 2.69. The van der Waals surface area contributed by atoms with E-state index in [-0.39, 0.29) is 40.4 Å². The molecule has 182 valence electrons. The Hall–Kier alpha value is -4.28. The molecule has 0 unspecified atom stereocenters. The fraction of sp³-hybridized carbons (Fsp3) is 0.250. The number of aryl methyl sites for hydroxylation is 1. The third-order valence-corrected chi connectivity index (χ3v) is 5.70. The molecule has 11 heteroatoms. The number of phenolic OH excluding ortho intramolecular Hbond substituents is 1. The Morgan fingerprint density at radius 1 is 1.00 bits per heavy atom. The van der Waals surface area contributed by atoms with E-state index in [9.17, 15) is 28.3 Å². The van der Waals surface area contributed by atoms with Crippen LogP contribution in [0.25, 0.3) is 0 Å². The second kappa shape index (κ2) is 9.92. The van der Waals surface area contributed by atoms with Crippen LogP contribution in [0.15, 0.2) is 48.8 Å². The molecular formula is C24H23F2N5O4. The van der Waals surface area contributed by atoms with Crippen LogP contribution >= 0.6 is 0 Å². The summed E-state index contributed by atoms with van der Waals surface area (Å²) in [5, 5.41) is 19.7. The number of aromatic nitrogens is 2. The van der Waals surface area contributed by atoms with Crippen molar-refractivity contribution in [3.05, 3.63) is 77.1 Å². The Labute approximate surface area is 199 Å². The molecule has 0 atom stereocenters. The Bertz CT molecular complexity index is 1260. The molecule has 0 radical (unpaired) electrons. The lowest BCUT2D eigenvalue weighted by Crippen LogP contribution is -2.46. The first-order valence-electron chi connectivity index (χ1n) is 10.9. The lowest BCUT2D eigenvalue weighted by molar-refractivity contribution is 0.0695. The van der Waals surface area contributed by atoms with Crippen LogP contribution in [0, 0.1) is 11.6 Å². The number of amides is 3. The molecule has 0 aliphatic carbocycles. The summed E-state index contributed by atoms with van der Waals surface area (Å²) in [7, 11) is 1.72. The number of aromatic hydroxyl groups is 1. The molecule has 35 heavy (non-hydrogen) atoms. The number of carbonyl (C=O) groups excluding carboxylic acids is 3. The summed E-state index contributed by atoms with van der Waals surface area (Å²) in [6, 6.07) is 6.32.